The Morgan fingerprint density at radius 2 is 2.15 bits per heavy atom. The van der Waals surface area contributed by atoms with Gasteiger partial charge >= 0.3 is 0 Å². The zero-order valence-corrected chi connectivity index (χ0v) is 11.8. The molecule has 1 aromatic carbocycles. The van der Waals surface area contributed by atoms with Crippen LogP contribution in [0.3, 0.4) is 0 Å². The van der Waals surface area contributed by atoms with E-state index in [0.29, 0.717) is 11.5 Å². The van der Waals surface area contributed by atoms with E-state index in [4.69, 9.17) is 5.73 Å². The maximum absolute atomic E-state index is 11.9. The molecule has 0 radical (unpaired) electrons. The summed E-state index contributed by atoms with van der Waals surface area (Å²) in [6.45, 7) is 5.66. The Morgan fingerprint density at radius 1 is 1.40 bits per heavy atom. The van der Waals surface area contributed by atoms with Gasteiger partial charge in [0.2, 0.25) is 5.91 Å². The number of aromatic nitrogens is 3. The van der Waals surface area contributed by atoms with Crippen LogP contribution in [0.2, 0.25) is 0 Å². The predicted octanol–water partition coefficient (Wildman–Crippen LogP) is 1.70. The number of hydrogen-bond acceptors (Lipinski definition) is 4. The molecule has 1 atom stereocenters. The average Bonchev–Trinajstić information content (AvgIpc) is 2.84. The minimum Gasteiger partial charge on any atom is -0.325 e. The molecule has 1 aromatic heterocycles. The number of rotatable bonds is 4. The minimum absolute atomic E-state index is 0.0915. The molecule has 1 heterocycles. The Labute approximate surface area is 117 Å². The van der Waals surface area contributed by atoms with Crippen molar-refractivity contribution >= 4 is 11.6 Å². The highest BCUT2D eigenvalue weighted by Gasteiger charge is 2.17. The lowest BCUT2D eigenvalue weighted by Crippen LogP contribution is -2.39. The SMILES string of the molecule is Cc1nc(-c2cccc(NC(=O)[C@@H](N)C(C)C)c2)n[nH]1. The third-order valence-electron chi connectivity index (χ3n) is 3.01. The summed E-state index contributed by atoms with van der Waals surface area (Å²) in [6, 6.07) is 6.85. The van der Waals surface area contributed by atoms with E-state index in [1.165, 1.54) is 0 Å². The van der Waals surface area contributed by atoms with Crippen LogP contribution in [0.5, 0.6) is 0 Å². The lowest BCUT2D eigenvalue weighted by molar-refractivity contribution is -0.118. The van der Waals surface area contributed by atoms with Gasteiger partial charge in [-0.05, 0) is 25.0 Å². The van der Waals surface area contributed by atoms with Crippen molar-refractivity contribution in [2.24, 2.45) is 11.7 Å². The van der Waals surface area contributed by atoms with Crippen LogP contribution in [0.25, 0.3) is 11.4 Å². The molecule has 0 unspecified atom stereocenters. The number of nitrogens with two attached hydrogens (primary N) is 1. The first-order valence-corrected chi connectivity index (χ1v) is 6.53. The van der Waals surface area contributed by atoms with Gasteiger partial charge in [-0.2, -0.15) is 5.10 Å². The summed E-state index contributed by atoms with van der Waals surface area (Å²) in [7, 11) is 0. The summed E-state index contributed by atoms with van der Waals surface area (Å²) in [5.41, 5.74) is 7.34. The number of carbonyl (C=O) groups is 1. The fourth-order valence-electron chi connectivity index (χ4n) is 1.74. The number of benzene rings is 1. The van der Waals surface area contributed by atoms with Crippen LogP contribution < -0.4 is 11.1 Å². The van der Waals surface area contributed by atoms with E-state index in [-0.39, 0.29) is 11.8 Å². The topological polar surface area (TPSA) is 96.7 Å². The second-order valence-electron chi connectivity index (χ2n) is 5.08. The maximum Gasteiger partial charge on any atom is 0.241 e. The molecule has 20 heavy (non-hydrogen) atoms. The quantitative estimate of drug-likeness (QED) is 0.790. The molecule has 0 saturated heterocycles. The van der Waals surface area contributed by atoms with Crippen molar-refractivity contribution in [3.63, 3.8) is 0 Å². The lowest BCUT2D eigenvalue weighted by atomic mass is 10.0. The second-order valence-corrected chi connectivity index (χ2v) is 5.08. The van der Waals surface area contributed by atoms with Crippen LogP contribution >= 0.6 is 0 Å². The zero-order valence-electron chi connectivity index (χ0n) is 11.8. The summed E-state index contributed by atoms with van der Waals surface area (Å²) in [4.78, 5) is 16.2. The molecule has 0 saturated carbocycles. The van der Waals surface area contributed by atoms with Crippen LogP contribution in [-0.2, 0) is 4.79 Å². The van der Waals surface area contributed by atoms with E-state index in [9.17, 15) is 4.79 Å². The number of nitrogens with zero attached hydrogens (tertiary/aromatic N) is 2. The van der Waals surface area contributed by atoms with Gasteiger partial charge in [0.1, 0.15) is 5.82 Å². The van der Waals surface area contributed by atoms with Crippen LogP contribution in [0, 0.1) is 12.8 Å². The van der Waals surface area contributed by atoms with Crippen molar-refractivity contribution in [3.8, 4) is 11.4 Å². The molecule has 2 aromatic rings. The van der Waals surface area contributed by atoms with Gasteiger partial charge in [-0.25, -0.2) is 4.98 Å². The minimum atomic E-state index is -0.524. The molecular weight excluding hydrogens is 254 g/mol. The number of anilines is 1. The maximum atomic E-state index is 11.9. The molecular formula is C14H19N5O. The lowest BCUT2D eigenvalue weighted by Gasteiger charge is -2.15. The number of amides is 1. The van der Waals surface area contributed by atoms with Crippen LogP contribution in [0.15, 0.2) is 24.3 Å². The highest BCUT2D eigenvalue weighted by molar-refractivity contribution is 5.95. The normalized spacial score (nSPS) is 12.4. The Kier molecular flexibility index (Phi) is 4.14. The van der Waals surface area contributed by atoms with Gasteiger partial charge in [0.15, 0.2) is 5.82 Å². The Bertz CT molecular complexity index is 605. The molecule has 1 amide bonds. The predicted molar refractivity (Wildman–Crippen MR) is 78.0 cm³/mol. The monoisotopic (exact) mass is 273 g/mol. The van der Waals surface area contributed by atoms with Crippen LogP contribution in [0.4, 0.5) is 5.69 Å². The number of H-pyrrole nitrogens is 1. The molecule has 0 spiro atoms. The van der Waals surface area contributed by atoms with Crippen molar-refractivity contribution < 1.29 is 4.79 Å². The fourth-order valence-corrected chi connectivity index (χ4v) is 1.74. The summed E-state index contributed by atoms with van der Waals surface area (Å²) >= 11 is 0. The van der Waals surface area contributed by atoms with Crippen molar-refractivity contribution in [2.45, 2.75) is 26.8 Å². The van der Waals surface area contributed by atoms with Gasteiger partial charge < -0.3 is 11.1 Å². The summed E-state index contributed by atoms with van der Waals surface area (Å²) in [6.07, 6.45) is 0. The summed E-state index contributed by atoms with van der Waals surface area (Å²) in [5, 5.41) is 9.70. The molecule has 4 N–H and O–H groups in total. The molecule has 6 heteroatoms. The zero-order chi connectivity index (χ0) is 14.7. The highest BCUT2D eigenvalue weighted by Crippen LogP contribution is 2.19. The number of aryl methyl sites for hydroxylation is 1. The van der Waals surface area contributed by atoms with Gasteiger partial charge in [-0.1, -0.05) is 26.0 Å². The number of nitrogens with one attached hydrogen (secondary N) is 2. The molecule has 6 nitrogen and oxygen atoms in total. The van der Waals surface area contributed by atoms with Crippen molar-refractivity contribution in [2.75, 3.05) is 5.32 Å². The van der Waals surface area contributed by atoms with E-state index in [1.807, 2.05) is 45.0 Å². The van der Waals surface area contributed by atoms with Crippen molar-refractivity contribution in [1.29, 1.82) is 0 Å². The second kappa shape index (κ2) is 5.83. The molecule has 0 aliphatic carbocycles. The Balaban J connectivity index is 2.16. The fraction of sp³-hybridized carbons (Fsp3) is 0.357. The van der Waals surface area contributed by atoms with Gasteiger partial charge in [0.05, 0.1) is 6.04 Å². The molecule has 0 aliphatic rings. The van der Waals surface area contributed by atoms with Crippen LogP contribution in [0.1, 0.15) is 19.7 Å². The molecule has 0 fully saturated rings. The van der Waals surface area contributed by atoms with Gasteiger partial charge in [-0.3, -0.25) is 9.89 Å². The van der Waals surface area contributed by atoms with Crippen molar-refractivity contribution in [3.05, 3.63) is 30.1 Å². The van der Waals surface area contributed by atoms with Gasteiger partial charge in [0.25, 0.3) is 0 Å². The largest absolute Gasteiger partial charge is 0.325 e. The molecule has 0 aliphatic heterocycles. The van der Waals surface area contributed by atoms with Gasteiger partial charge in [0, 0.05) is 11.3 Å². The summed E-state index contributed by atoms with van der Waals surface area (Å²) < 4.78 is 0. The van der Waals surface area contributed by atoms with E-state index in [0.717, 1.165) is 11.4 Å². The third-order valence-corrected chi connectivity index (χ3v) is 3.01. The average molecular weight is 273 g/mol. The standard InChI is InChI=1S/C14H19N5O/c1-8(2)12(15)14(20)17-11-6-4-5-10(7-11)13-16-9(3)18-19-13/h4-8,12H,15H2,1-3H3,(H,17,20)(H,16,18,19)/t12-/m0/s1. The Morgan fingerprint density at radius 3 is 2.75 bits per heavy atom. The van der Waals surface area contributed by atoms with E-state index in [1.54, 1.807) is 0 Å². The van der Waals surface area contributed by atoms with Crippen LogP contribution in [-0.4, -0.2) is 27.1 Å². The molecule has 106 valence electrons. The van der Waals surface area contributed by atoms with Crippen molar-refractivity contribution in [1.82, 2.24) is 15.2 Å². The number of hydrogen-bond donors (Lipinski definition) is 3. The number of carbonyl (C=O) groups excluding carboxylic acids is 1. The van der Waals surface area contributed by atoms with E-state index in [2.05, 4.69) is 20.5 Å². The highest BCUT2D eigenvalue weighted by atomic mass is 16.2. The molecule has 2 rings (SSSR count). The first-order chi connectivity index (χ1) is 9.47. The Hall–Kier alpha value is -2.21. The van der Waals surface area contributed by atoms with Gasteiger partial charge in [-0.15, -0.1) is 0 Å². The van der Waals surface area contributed by atoms with E-state index < -0.39 is 6.04 Å². The first kappa shape index (κ1) is 14.2. The summed E-state index contributed by atoms with van der Waals surface area (Å²) in [5.74, 6) is 1.25. The smallest absolute Gasteiger partial charge is 0.241 e. The number of aromatic amines is 1. The molecule has 0 bridgehead atoms. The van der Waals surface area contributed by atoms with E-state index >= 15 is 0 Å². The third kappa shape index (κ3) is 3.21. The first-order valence-electron chi connectivity index (χ1n) is 6.53.